The van der Waals surface area contributed by atoms with Gasteiger partial charge in [-0.15, -0.1) is 11.3 Å². The average molecular weight is 330 g/mol. The molecule has 0 saturated carbocycles. The molecule has 1 atom stereocenters. The summed E-state index contributed by atoms with van der Waals surface area (Å²) in [5.41, 5.74) is 1.66. The molecule has 0 spiro atoms. The molecule has 0 aliphatic heterocycles. The molecule has 0 fully saturated rings. The first kappa shape index (κ1) is 17.2. The van der Waals surface area contributed by atoms with E-state index < -0.39 is 0 Å². The minimum Gasteiger partial charge on any atom is -0.348 e. The maximum absolute atomic E-state index is 12.3. The van der Waals surface area contributed by atoms with Gasteiger partial charge in [0.15, 0.2) is 0 Å². The van der Waals surface area contributed by atoms with Crippen LogP contribution in [0.5, 0.6) is 0 Å². The fourth-order valence-corrected chi connectivity index (χ4v) is 3.30. The lowest BCUT2D eigenvalue weighted by Gasteiger charge is -2.21. The summed E-state index contributed by atoms with van der Waals surface area (Å²) >= 11 is 1.66. The molecule has 1 unspecified atom stereocenters. The second-order valence-electron chi connectivity index (χ2n) is 5.86. The Morgan fingerprint density at radius 1 is 1.13 bits per heavy atom. The molecule has 1 aromatic carbocycles. The molecule has 1 heterocycles. The van der Waals surface area contributed by atoms with Crippen LogP contribution < -0.4 is 10.6 Å². The molecule has 2 rings (SSSR count). The Balaban J connectivity index is 1.97. The van der Waals surface area contributed by atoms with Crippen molar-refractivity contribution in [1.29, 1.82) is 0 Å². The van der Waals surface area contributed by atoms with Crippen molar-refractivity contribution in [1.82, 2.24) is 5.32 Å². The molecule has 0 aliphatic carbocycles. The molecule has 1 aromatic heterocycles. The Hall–Kier alpha value is -2.14. The van der Waals surface area contributed by atoms with Crippen LogP contribution in [0, 0.1) is 5.92 Å². The molecule has 0 radical (unpaired) electrons. The number of amides is 2. The fraction of sp³-hybridized carbons (Fsp3) is 0.333. The van der Waals surface area contributed by atoms with Crippen LogP contribution in [0.1, 0.15) is 37.3 Å². The zero-order valence-corrected chi connectivity index (χ0v) is 14.4. The Labute approximate surface area is 140 Å². The van der Waals surface area contributed by atoms with E-state index in [0.717, 1.165) is 11.3 Å². The lowest BCUT2D eigenvalue weighted by molar-refractivity contribution is -0.121. The molecule has 23 heavy (non-hydrogen) atoms. The van der Waals surface area contributed by atoms with Gasteiger partial charge in [-0.25, -0.2) is 0 Å². The first-order chi connectivity index (χ1) is 11.0. The highest BCUT2D eigenvalue weighted by molar-refractivity contribution is 7.10. The standard InChI is InChI=1S/C18H22N2O2S/c1-12(2)18(16-5-4-10-23-16)20-17(22)11-14-6-8-15(9-7-14)19-13(3)21/h4-10,12,18H,11H2,1-3H3,(H,19,21)(H,20,22). The Bertz CT molecular complexity index is 648. The zero-order valence-electron chi connectivity index (χ0n) is 13.6. The molecule has 2 N–H and O–H groups in total. The van der Waals surface area contributed by atoms with Gasteiger partial charge in [-0.3, -0.25) is 9.59 Å². The SMILES string of the molecule is CC(=O)Nc1ccc(CC(=O)NC(c2cccs2)C(C)C)cc1. The Morgan fingerprint density at radius 3 is 2.35 bits per heavy atom. The van der Waals surface area contributed by atoms with Crippen LogP contribution in [0.25, 0.3) is 0 Å². The average Bonchev–Trinajstić information content (AvgIpc) is 3.00. The zero-order chi connectivity index (χ0) is 16.8. The van der Waals surface area contributed by atoms with E-state index in [1.807, 2.05) is 35.7 Å². The maximum Gasteiger partial charge on any atom is 0.224 e. The van der Waals surface area contributed by atoms with Gasteiger partial charge in [0, 0.05) is 17.5 Å². The summed E-state index contributed by atoms with van der Waals surface area (Å²) in [5, 5.41) is 7.85. The summed E-state index contributed by atoms with van der Waals surface area (Å²) < 4.78 is 0. The fourth-order valence-electron chi connectivity index (χ4n) is 2.35. The molecule has 0 bridgehead atoms. The van der Waals surface area contributed by atoms with E-state index in [2.05, 4.69) is 30.5 Å². The summed E-state index contributed by atoms with van der Waals surface area (Å²) in [5.74, 6) is 0.232. The van der Waals surface area contributed by atoms with Gasteiger partial charge in [-0.1, -0.05) is 32.0 Å². The van der Waals surface area contributed by atoms with Crippen molar-refractivity contribution in [3.05, 3.63) is 52.2 Å². The molecule has 0 aliphatic rings. The molecule has 5 heteroatoms. The third-order valence-corrected chi connectivity index (χ3v) is 4.43. The van der Waals surface area contributed by atoms with Crippen molar-refractivity contribution in [2.24, 2.45) is 5.92 Å². The number of carbonyl (C=O) groups is 2. The highest BCUT2D eigenvalue weighted by atomic mass is 32.1. The number of nitrogens with one attached hydrogen (secondary N) is 2. The van der Waals surface area contributed by atoms with Crippen molar-refractivity contribution in [3.8, 4) is 0 Å². The van der Waals surface area contributed by atoms with Gasteiger partial charge in [0.25, 0.3) is 0 Å². The van der Waals surface area contributed by atoms with Crippen LogP contribution in [0.15, 0.2) is 41.8 Å². The summed E-state index contributed by atoms with van der Waals surface area (Å²) in [7, 11) is 0. The Morgan fingerprint density at radius 2 is 1.83 bits per heavy atom. The second-order valence-corrected chi connectivity index (χ2v) is 6.84. The van der Waals surface area contributed by atoms with E-state index in [1.54, 1.807) is 11.3 Å². The number of anilines is 1. The van der Waals surface area contributed by atoms with Crippen molar-refractivity contribution < 1.29 is 9.59 Å². The van der Waals surface area contributed by atoms with Gasteiger partial charge >= 0.3 is 0 Å². The van der Waals surface area contributed by atoms with Crippen molar-refractivity contribution in [3.63, 3.8) is 0 Å². The van der Waals surface area contributed by atoms with E-state index in [0.29, 0.717) is 12.3 Å². The van der Waals surface area contributed by atoms with Crippen molar-refractivity contribution in [2.45, 2.75) is 33.2 Å². The maximum atomic E-state index is 12.3. The molecule has 4 nitrogen and oxygen atoms in total. The summed E-state index contributed by atoms with van der Waals surface area (Å²) in [6.45, 7) is 5.68. The van der Waals surface area contributed by atoms with Gasteiger partial charge < -0.3 is 10.6 Å². The van der Waals surface area contributed by atoms with Crippen LogP contribution in [0.2, 0.25) is 0 Å². The van der Waals surface area contributed by atoms with Gasteiger partial charge in [0.1, 0.15) is 0 Å². The topological polar surface area (TPSA) is 58.2 Å². The normalized spacial score (nSPS) is 12.0. The molecule has 122 valence electrons. The van der Waals surface area contributed by atoms with E-state index >= 15 is 0 Å². The molecular formula is C18H22N2O2S. The predicted octanol–water partition coefficient (Wildman–Crippen LogP) is 3.76. The molecular weight excluding hydrogens is 308 g/mol. The lowest BCUT2D eigenvalue weighted by atomic mass is 10.0. The van der Waals surface area contributed by atoms with Gasteiger partial charge in [-0.2, -0.15) is 0 Å². The number of rotatable bonds is 6. The van der Waals surface area contributed by atoms with Crippen LogP contribution >= 0.6 is 11.3 Å². The second kappa shape index (κ2) is 7.92. The number of hydrogen-bond acceptors (Lipinski definition) is 3. The van der Waals surface area contributed by atoms with Crippen LogP contribution in [0.3, 0.4) is 0 Å². The van der Waals surface area contributed by atoms with E-state index in [1.165, 1.54) is 11.8 Å². The van der Waals surface area contributed by atoms with Gasteiger partial charge in [0.2, 0.25) is 11.8 Å². The Kier molecular flexibility index (Phi) is 5.93. The van der Waals surface area contributed by atoms with Gasteiger partial charge in [0.05, 0.1) is 12.5 Å². The minimum absolute atomic E-state index is 0.00405. The number of benzene rings is 1. The first-order valence-corrected chi connectivity index (χ1v) is 8.53. The minimum atomic E-state index is -0.105. The monoisotopic (exact) mass is 330 g/mol. The quantitative estimate of drug-likeness (QED) is 0.847. The van der Waals surface area contributed by atoms with Crippen LogP contribution in [-0.4, -0.2) is 11.8 Å². The third kappa shape index (κ3) is 5.21. The number of thiophene rings is 1. The van der Waals surface area contributed by atoms with Crippen LogP contribution in [-0.2, 0) is 16.0 Å². The molecule has 0 saturated heterocycles. The number of hydrogen-bond donors (Lipinski definition) is 2. The van der Waals surface area contributed by atoms with Gasteiger partial charge in [-0.05, 0) is 35.1 Å². The van der Waals surface area contributed by atoms with E-state index in [9.17, 15) is 9.59 Å². The van der Waals surface area contributed by atoms with Crippen molar-refractivity contribution >= 4 is 28.8 Å². The highest BCUT2D eigenvalue weighted by Gasteiger charge is 2.19. The smallest absolute Gasteiger partial charge is 0.224 e. The lowest BCUT2D eigenvalue weighted by Crippen LogP contribution is -2.32. The highest BCUT2D eigenvalue weighted by Crippen LogP contribution is 2.25. The van der Waals surface area contributed by atoms with Crippen LogP contribution in [0.4, 0.5) is 5.69 Å². The van der Waals surface area contributed by atoms with Crippen molar-refractivity contribution in [2.75, 3.05) is 5.32 Å². The summed E-state index contributed by atoms with van der Waals surface area (Å²) in [6, 6.07) is 11.4. The largest absolute Gasteiger partial charge is 0.348 e. The molecule has 2 amide bonds. The third-order valence-electron chi connectivity index (χ3n) is 3.47. The van der Waals surface area contributed by atoms with E-state index in [4.69, 9.17) is 0 Å². The van der Waals surface area contributed by atoms with E-state index in [-0.39, 0.29) is 17.9 Å². The summed E-state index contributed by atoms with van der Waals surface area (Å²) in [4.78, 5) is 24.5. The number of carbonyl (C=O) groups excluding carboxylic acids is 2. The predicted molar refractivity (Wildman–Crippen MR) is 94.5 cm³/mol. The molecule has 2 aromatic rings. The summed E-state index contributed by atoms with van der Waals surface area (Å²) in [6.07, 6.45) is 0.328. The first-order valence-electron chi connectivity index (χ1n) is 7.65.